The minimum atomic E-state index is -3.30. The van der Waals surface area contributed by atoms with Crippen molar-refractivity contribution in [3.63, 3.8) is 0 Å². The van der Waals surface area contributed by atoms with E-state index in [1.807, 2.05) is 46.2 Å². The number of sulfonamides is 1. The molecule has 178 valence electrons. The third kappa shape index (κ3) is 5.92. The number of nitrogens with zero attached hydrogens (tertiary/aromatic N) is 3. The van der Waals surface area contributed by atoms with Gasteiger partial charge in [-0.1, -0.05) is 42.5 Å². The summed E-state index contributed by atoms with van der Waals surface area (Å²) in [5.74, 6) is -0.141. The fourth-order valence-corrected chi connectivity index (χ4v) is 6.28. The highest BCUT2D eigenvalue weighted by Gasteiger charge is 2.34. The summed E-state index contributed by atoms with van der Waals surface area (Å²) >= 11 is 0. The summed E-state index contributed by atoms with van der Waals surface area (Å²) in [5, 5.41) is 0. The van der Waals surface area contributed by atoms with Crippen molar-refractivity contribution in [3.05, 3.63) is 66.0 Å². The second-order valence-corrected chi connectivity index (χ2v) is 10.9. The van der Waals surface area contributed by atoms with Crippen LogP contribution in [-0.2, 0) is 21.2 Å². The molecule has 0 bridgehead atoms. The summed E-state index contributed by atoms with van der Waals surface area (Å²) in [6.07, 6.45) is 2.46. The van der Waals surface area contributed by atoms with Crippen LogP contribution >= 0.6 is 0 Å². The number of aryl methyl sites for hydroxylation is 1. The highest BCUT2D eigenvalue weighted by Crippen LogP contribution is 2.25. The van der Waals surface area contributed by atoms with Crippen molar-refractivity contribution in [2.75, 3.05) is 49.9 Å². The molecule has 0 unspecified atom stereocenters. The van der Waals surface area contributed by atoms with Crippen LogP contribution in [0, 0.1) is 11.7 Å². The number of piperidine rings is 1. The predicted molar refractivity (Wildman–Crippen MR) is 128 cm³/mol. The molecule has 2 aliphatic rings. The summed E-state index contributed by atoms with van der Waals surface area (Å²) in [6, 6.07) is 16.6. The number of carbonyl (C=O) groups is 1. The van der Waals surface area contributed by atoms with E-state index in [1.54, 1.807) is 16.4 Å². The zero-order chi connectivity index (χ0) is 23.3. The topological polar surface area (TPSA) is 60.9 Å². The molecule has 33 heavy (non-hydrogen) atoms. The summed E-state index contributed by atoms with van der Waals surface area (Å²) < 4.78 is 41.1. The van der Waals surface area contributed by atoms with Crippen molar-refractivity contribution < 1.29 is 17.6 Å². The number of halogens is 1. The van der Waals surface area contributed by atoms with Gasteiger partial charge in [-0.25, -0.2) is 17.1 Å². The number of hydrogen-bond donors (Lipinski definition) is 0. The lowest BCUT2D eigenvalue weighted by molar-refractivity contribution is -0.137. The van der Waals surface area contributed by atoms with Crippen molar-refractivity contribution in [1.82, 2.24) is 9.21 Å². The number of rotatable bonds is 7. The lowest BCUT2D eigenvalue weighted by atomic mass is 9.96. The van der Waals surface area contributed by atoms with Gasteiger partial charge in [0.15, 0.2) is 0 Å². The third-order valence-corrected chi connectivity index (χ3v) is 8.65. The van der Waals surface area contributed by atoms with Gasteiger partial charge >= 0.3 is 0 Å². The first-order chi connectivity index (χ1) is 15.9. The monoisotopic (exact) mass is 473 g/mol. The first kappa shape index (κ1) is 23.7. The molecule has 2 aromatic carbocycles. The van der Waals surface area contributed by atoms with Crippen LogP contribution in [0.25, 0.3) is 0 Å². The van der Waals surface area contributed by atoms with Gasteiger partial charge in [-0.15, -0.1) is 0 Å². The summed E-state index contributed by atoms with van der Waals surface area (Å²) in [7, 11) is -3.30. The average Bonchev–Trinajstić information content (AvgIpc) is 2.85. The van der Waals surface area contributed by atoms with Gasteiger partial charge < -0.3 is 9.80 Å². The second kappa shape index (κ2) is 10.7. The number of amides is 1. The van der Waals surface area contributed by atoms with Crippen molar-refractivity contribution in [1.29, 1.82) is 0 Å². The largest absolute Gasteiger partial charge is 0.366 e. The Kier molecular flexibility index (Phi) is 7.65. The molecule has 2 aromatic rings. The normalized spacial score (nSPS) is 18.5. The van der Waals surface area contributed by atoms with Crippen molar-refractivity contribution in [2.45, 2.75) is 25.7 Å². The van der Waals surface area contributed by atoms with Crippen molar-refractivity contribution >= 4 is 21.6 Å². The van der Waals surface area contributed by atoms with Gasteiger partial charge in [0, 0.05) is 45.2 Å². The molecule has 0 aliphatic carbocycles. The molecular weight excluding hydrogens is 441 g/mol. The Bertz CT molecular complexity index is 1030. The molecule has 2 fully saturated rings. The zero-order valence-electron chi connectivity index (χ0n) is 18.9. The Morgan fingerprint density at radius 3 is 2.18 bits per heavy atom. The van der Waals surface area contributed by atoms with Crippen LogP contribution in [-0.4, -0.2) is 68.6 Å². The lowest BCUT2D eigenvalue weighted by Crippen LogP contribution is -2.52. The molecule has 0 N–H and O–H groups in total. The van der Waals surface area contributed by atoms with Gasteiger partial charge in [0.2, 0.25) is 15.9 Å². The highest BCUT2D eigenvalue weighted by atomic mass is 32.2. The Morgan fingerprint density at radius 2 is 1.52 bits per heavy atom. The molecule has 8 heteroatoms. The molecule has 0 radical (unpaired) electrons. The zero-order valence-corrected chi connectivity index (χ0v) is 19.7. The van der Waals surface area contributed by atoms with E-state index >= 15 is 0 Å². The van der Waals surface area contributed by atoms with Crippen LogP contribution < -0.4 is 4.90 Å². The van der Waals surface area contributed by atoms with E-state index in [4.69, 9.17) is 0 Å². The molecule has 0 aromatic heterocycles. The number of hydrogen-bond acceptors (Lipinski definition) is 4. The molecule has 2 heterocycles. The Balaban J connectivity index is 1.22. The van der Waals surface area contributed by atoms with Crippen LogP contribution in [0.2, 0.25) is 0 Å². The van der Waals surface area contributed by atoms with Gasteiger partial charge in [-0.05, 0) is 43.4 Å². The quantitative estimate of drug-likeness (QED) is 0.620. The van der Waals surface area contributed by atoms with Gasteiger partial charge in [0.05, 0.1) is 11.4 Å². The van der Waals surface area contributed by atoms with Gasteiger partial charge in [0.1, 0.15) is 5.82 Å². The van der Waals surface area contributed by atoms with E-state index in [-0.39, 0.29) is 23.4 Å². The lowest BCUT2D eigenvalue weighted by Gasteiger charge is -2.39. The first-order valence-corrected chi connectivity index (χ1v) is 13.3. The molecule has 4 rings (SSSR count). The van der Waals surface area contributed by atoms with Crippen molar-refractivity contribution in [2.24, 2.45) is 5.92 Å². The minimum absolute atomic E-state index is 0.101. The fraction of sp³-hybridized carbons (Fsp3) is 0.480. The molecule has 2 saturated heterocycles. The van der Waals surface area contributed by atoms with E-state index in [1.165, 1.54) is 6.07 Å². The summed E-state index contributed by atoms with van der Waals surface area (Å²) in [6.45, 7) is 3.12. The van der Waals surface area contributed by atoms with Crippen LogP contribution in [0.4, 0.5) is 10.1 Å². The number of carbonyl (C=O) groups excluding carboxylic acids is 1. The standard InChI is InChI=1S/C25H32FN3O3S/c26-23-10-4-5-11-24(23)27-16-18-28(19-17-27)25(30)22-12-14-29(15-13-22)33(31,32)20-6-9-21-7-2-1-3-8-21/h1-5,7-8,10-11,22H,6,9,12-20H2. The van der Waals surface area contributed by atoms with Gasteiger partial charge in [-0.2, -0.15) is 0 Å². The van der Waals surface area contributed by atoms with E-state index in [0.29, 0.717) is 64.2 Å². The number of benzene rings is 2. The maximum absolute atomic E-state index is 14.0. The molecule has 6 nitrogen and oxygen atoms in total. The Hall–Kier alpha value is -2.45. The number of para-hydroxylation sites is 1. The molecule has 0 saturated carbocycles. The van der Waals surface area contributed by atoms with Crippen LogP contribution in [0.5, 0.6) is 0 Å². The summed E-state index contributed by atoms with van der Waals surface area (Å²) in [4.78, 5) is 16.8. The molecule has 2 aliphatic heterocycles. The van der Waals surface area contributed by atoms with E-state index in [9.17, 15) is 17.6 Å². The maximum Gasteiger partial charge on any atom is 0.225 e. The molecule has 0 atom stereocenters. The fourth-order valence-electron chi connectivity index (χ4n) is 4.75. The molecule has 0 spiro atoms. The van der Waals surface area contributed by atoms with Gasteiger partial charge in [0.25, 0.3) is 0 Å². The predicted octanol–water partition coefficient (Wildman–Crippen LogP) is 3.15. The highest BCUT2D eigenvalue weighted by molar-refractivity contribution is 7.89. The van der Waals surface area contributed by atoms with Gasteiger partial charge in [-0.3, -0.25) is 4.79 Å². The smallest absolute Gasteiger partial charge is 0.225 e. The molecular formula is C25H32FN3O3S. The Labute approximate surface area is 196 Å². The SMILES string of the molecule is O=C(C1CCN(S(=O)(=O)CCCc2ccccc2)CC1)N1CCN(c2ccccc2F)CC1. The van der Waals surface area contributed by atoms with Crippen LogP contribution in [0.3, 0.4) is 0 Å². The third-order valence-electron chi connectivity index (χ3n) is 6.69. The van der Waals surface area contributed by atoms with Crippen LogP contribution in [0.15, 0.2) is 54.6 Å². The molecule has 1 amide bonds. The minimum Gasteiger partial charge on any atom is -0.366 e. The Morgan fingerprint density at radius 1 is 0.879 bits per heavy atom. The maximum atomic E-state index is 14.0. The van der Waals surface area contributed by atoms with E-state index in [0.717, 1.165) is 12.0 Å². The second-order valence-electron chi connectivity index (χ2n) is 8.84. The summed E-state index contributed by atoms with van der Waals surface area (Å²) in [5.41, 5.74) is 1.72. The number of piperazine rings is 1. The van der Waals surface area contributed by atoms with Crippen molar-refractivity contribution in [3.8, 4) is 0 Å². The van der Waals surface area contributed by atoms with E-state index < -0.39 is 10.0 Å². The van der Waals surface area contributed by atoms with Crippen LogP contribution in [0.1, 0.15) is 24.8 Å². The number of anilines is 1. The van der Waals surface area contributed by atoms with E-state index in [2.05, 4.69) is 0 Å². The first-order valence-electron chi connectivity index (χ1n) is 11.7. The average molecular weight is 474 g/mol.